The quantitative estimate of drug-likeness (QED) is 0.691. The Bertz CT molecular complexity index is 501. The molecule has 0 amide bonds. The SMILES string of the molecule is [CH2]CC(Oc1ccccc1)N(C)CCOc1ccccc1. The van der Waals surface area contributed by atoms with E-state index in [1.54, 1.807) is 0 Å². The van der Waals surface area contributed by atoms with Crippen molar-refractivity contribution in [1.29, 1.82) is 0 Å². The maximum Gasteiger partial charge on any atom is 0.152 e. The Kier molecular flexibility index (Phi) is 6.10. The van der Waals surface area contributed by atoms with Gasteiger partial charge in [-0.15, -0.1) is 0 Å². The molecule has 0 aliphatic heterocycles. The van der Waals surface area contributed by atoms with E-state index in [4.69, 9.17) is 9.47 Å². The van der Waals surface area contributed by atoms with Gasteiger partial charge in [-0.1, -0.05) is 36.4 Å². The molecule has 3 nitrogen and oxygen atoms in total. The second kappa shape index (κ2) is 8.32. The van der Waals surface area contributed by atoms with Gasteiger partial charge in [-0.2, -0.15) is 0 Å². The molecule has 0 fully saturated rings. The lowest BCUT2D eigenvalue weighted by atomic mass is 10.3. The maximum absolute atomic E-state index is 5.94. The summed E-state index contributed by atoms with van der Waals surface area (Å²) in [6, 6.07) is 19.6. The van der Waals surface area contributed by atoms with Crippen LogP contribution in [0, 0.1) is 6.92 Å². The summed E-state index contributed by atoms with van der Waals surface area (Å²) in [7, 11) is 2.02. The molecule has 0 bridgehead atoms. The molecule has 0 N–H and O–H groups in total. The fourth-order valence-electron chi connectivity index (χ4n) is 1.99. The van der Waals surface area contributed by atoms with Crippen LogP contribution < -0.4 is 9.47 Å². The molecule has 21 heavy (non-hydrogen) atoms. The van der Waals surface area contributed by atoms with Gasteiger partial charge in [-0.25, -0.2) is 0 Å². The Balaban J connectivity index is 1.79. The van der Waals surface area contributed by atoms with Crippen LogP contribution in [0.2, 0.25) is 0 Å². The number of hydrogen-bond donors (Lipinski definition) is 0. The third kappa shape index (κ3) is 5.12. The van der Waals surface area contributed by atoms with Crippen LogP contribution in [-0.2, 0) is 0 Å². The highest BCUT2D eigenvalue weighted by molar-refractivity contribution is 5.21. The topological polar surface area (TPSA) is 21.7 Å². The Morgan fingerprint density at radius 3 is 2.10 bits per heavy atom. The lowest BCUT2D eigenvalue weighted by Gasteiger charge is -2.27. The van der Waals surface area contributed by atoms with Gasteiger partial charge in [0.1, 0.15) is 18.1 Å². The Morgan fingerprint density at radius 1 is 0.952 bits per heavy atom. The second-order valence-corrected chi connectivity index (χ2v) is 4.82. The molecule has 0 heterocycles. The molecule has 2 aromatic rings. The van der Waals surface area contributed by atoms with Crippen LogP contribution in [0.3, 0.4) is 0 Å². The lowest BCUT2D eigenvalue weighted by Crippen LogP contribution is -2.38. The van der Waals surface area contributed by atoms with Crippen molar-refractivity contribution in [2.24, 2.45) is 0 Å². The molecule has 0 aliphatic carbocycles. The Morgan fingerprint density at radius 2 is 1.52 bits per heavy atom. The van der Waals surface area contributed by atoms with Crippen molar-refractivity contribution in [3.8, 4) is 11.5 Å². The van der Waals surface area contributed by atoms with E-state index in [0.29, 0.717) is 13.0 Å². The van der Waals surface area contributed by atoms with Crippen LogP contribution in [0.5, 0.6) is 11.5 Å². The van der Waals surface area contributed by atoms with E-state index in [1.165, 1.54) is 0 Å². The fraction of sp³-hybridized carbons (Fsp3) is 0.278. The van der Waals surface area contributed by atoms with Crippen molar-refractivity contribution >= 4 is 0 Å². The van der Waals surface area contributed by atoms with Crippen LogP contribution in [-0.4, -0.2) is 31.3 Å². The number of likely N-dealkylation sites (N-methyl/N-ethyl adjacent to an activating group) is 1. The first-order chi connectivity index (χ1) is 10.3. The highest BCUT2D eigenvalue weighted by Gasteiger charge is 2.14. The molecule has 111 valence electrons. The van der Waals surface area contributed by atoms with Gasteiger partial charge in [-0.05, 0) is 44.7 Å². The largest absolute Gasteiger partial charge is 0.492 e. The minimum atomic E-state index is -0.0493. The molecule has 0 aliphatic rings. The van der Waals surface area contributed by atoms with Crippen molar-refractivity contribution in [3.63, 3.8) is 0 Å². The first kappa shape index (κ1) is 15.4. The van der Waals surface area contributed by atoms with Gasteiger partial charge in [0.15, 0.2) is 6.23 Å². The number of nitrogens with zero attached hydrogens (tertiary/aromatic N) is 1. The molecule has 1 atom stereocenters. The van der Waals surface area contributed by atoms with Crippen molar-refractivity contribution in [1.82, 2.24) is 4.90 Å². The van der Waals surface area contributed by atoms with Gasteiger partial charge >= 0.3 is 0 Å². The number of rotatable bonds is 8. The highest BCUT2D eigenvalue weighted by Crippen LogP contribution is 2.14. The predicted octanol–water partition coefficient (Wildman–Crippen LogP) is 3.63. The van der Waals surface area contributed by atoms with Gasteiger partial charge in [0.25, 0.3) is 0 Å². The predicted molar refractivity (Wildman–Crippen MR) is 85.4 cm³/mol. The molecule has 2 aromatic carbocycles. The summed E-state index contributed by atoms with van der Waals surface area (Å²) in [6.45, 7) is 5.36. The molecule has 0 saturated heterocycles. The molecule has 3 heteroatoms. The molecule has 0 aromatic heterocycles. The summed E-state index contributed by atoms with van der Waals surface area (Å²) in [4.78, 5) is 2.11. The number of benzene rings is 2. The first-order valence-corrected chi connectivity index (χ1v) is 7.18. The van der Waals surface area contributed by atoms with Gasteiger partial charge in [0, 0.05) is 6.54 Å². The van der Waals surface area contributed by atoms with E-state index < -0.39 is 0 Å². The molecule has 0 spiro atoms. The van der Waals surface area contributed by atoms with Gasteiger partial charge in [-0.3, -0.25) is 4.90 Å². The third-order valence-corrected chi connectivity index (χ3v) is 3.21. The Hall–Kier alpha value is -2.00. The molecular formula is C18H22NO2. The molecule has 0 saturated carbocycles. The molecular weight excluding hydrogens is 262 g/mol. The summed E-state index contributed by atoms with van der Waals surface area (Å²) in [6.07, 6.45) is 0.628. The van der Waals surface area contributed by atoms with Gasteiger partial charge in [0.05, 0.1) is 0 Å². The summed E-state index contributed by atoms with van der Waals surface area (Å²) < 4.78 is 11.6. The lowest BCUT2D eigenvalue weighted by molar-refractivity contribution is 0.0380. The average Bonchev–Trinajstić information content (AvgIpc) is 2.54. The number of ether oxygens (including phenoxy) is 2. The van der Waals surface area contributed by atoms with Crippen LogP contribution >= 0.6 is 0 Å². The summed E-state index contributed by atoms with van der Waals surface area (Å²) in [5.74, 6) is 1.75. The van der Waals surface area contributed by atoms with E-state index in [0.717, 1.165) is 18.0 Å². The van der Waals surface area contributed by atoms with Crippen molar-refractivity contribution in [2.45, 2.75) is 12.6 Å². The van der Waals surface area contributed by atoms with E-state index in [2.05, 4.69) is 11.8 Å². The van der Waals surface area contributed by atoms with E-state index in [1.807, 2.05) is 67.7 Å². The first-order valence-electron chi connectivity index (χ1n) is 7.18. The zero-order valence-corrected chi connectivity index (χ0v) is 12.4. The zero-order valence-electron chi connectivity index (χ0n) is 12.4. The third-order valence-electron chi connectivity index (χ3n) is 3.21. The van der Waals surface area contributed by atoms with E-state index >= 15 is 0 Å². The number of hydrogen-bond acceptors (Lipinski definition) is 3. The van der Waals surface area contributed by atoms with Gasteiger partial charge in [0.2, 0.25) is 0 Å². The van der Waals surface area contributed by atoms with Crippen LogP contribution in [0.1, 0.15) is 6.42 Å². The molecule has 1 unspecified atom stereocenters. The molecule has 1 radical (unpaired) electrons. The van der Waals surface area contributed by atoms with Crippen LogP contribution in [0.4, 0.5) is 0 Å². The van der Waals surface area contributed by atoms with Crippen LogP contribution in [0.25, 0.3) is 0 Å². The summed E-state index contributed by atoms with van der Waals surface area (Å²) in [5.41, 5.74) is 0. The van der Waals surface area contributed by atoms with Crippen molar-refractivity contribution in [3.05, 3.63) is 67.6 Å². The normalized spacial score (nSPS) is 12.1. The standard InChI is InChI=1S/C18H22NO2/c1-3-18(21-17-12-8-5-9-13-17)19(2)14-15-20-16-10-6-4-7-11-16/h4-13,18H,1,3,14-15H2,2H3. The average molecular weight is 284 g/mol. The number of para-hydroxylation sites is 2. The summed E-state index contributed by atoms with van der Waals surface area (Å²) in [5, 5.41) is 0. The fourth-order valence-corrected chi connectivity index (χ4v) is 1.99. The molecule has 2 rings (SSSR count). The second-order valence-electron chi connectivity index (χ2n) is 4.82. The minimum Gasteiger partial charge on any atom is -0.492 e. The van der Waals surface area contributed by atoms with E-state index in [-0.39, 0.29) is 6.23 Å². The Labute approximate surface area is 127 Å². The summed E-state index contributed by atoms with van der Waals surface area (Å²) >= 11 is 0. The van der Waals surface area contributed by atoms with E-state index in [9.17, 15) is 0 Å². The zero-order chi connectivity index (χ0) is 14.9. The monoisotopic (exact) mass is 284 g/mol. The van der Waals surface area contributed by atoms with Gasteiger partial charge < -0.3 is 9.47 Å². The minimum absolute atomic E-state index is 0.0493. The van der Waals surface area contributed by atoms with Crippen LogP contribution in [0.15, 0.2) is 60.7 Å². The van der Waals surface area contributed by atoms with Crippen molar-refractivity contribution in [2.75, 3.05) is 20.2 Å². The smallest absolute Gasteiger partial charge is 0.152 e. The highest BCUT2D eigenvalue weighted by atomic mass is 16.5. The maximum atomic E-state index is 5.94. The van der Waals surface area contributed by atoms with Crippen molar-refractivity contribution < 1.29 is 9.47 Å².